The molecule has 1 aliphatic rings. The highest BCUT2D eigenvalue weighted by atomic mass is 32.2. The molecule has 6 heteroatoms. The molecule has 4 rings (SSSR count). The molecule has 5 nitrogen and oxygen atoms in total. The van der Waals surface area contributed by atoms with Crippen LogP contribution in [0, 0.1) is 6.92 Å². The van der Waals surface area contributed by atoms with Crippen molar-refractivity contribution in [1.82, 2.24) is 10.3 Å². The molecule has 1 N–H and O–H groups in total. The van der Waals surface area contributed by atoms with E-state index in [1.165, 1.54) is 5.56 Å². The summed E-state index contributed by atoms with van der Waals surface area (Å²) in [6, 6.07) is 9.91. The van der Waals surface area contributed by atoms with Crippen molar-refractivity contribution >= 4 is 40.0 Å². The molecule has 3 heterocycles. The van der Waals surface area contributed by atoms with Gasteiger partial charge >= 0.3 is 0 Å². The summed E-state index contributed by atoms with van der Waals surface area (Å²) in [5, 5.41) is 2.70. The molecule has 0 atom stereocenters. The molecule has 0 radical (unpaired) electrons. The maximum Gasteiger partial charge on any atom is 0.290 e. The lowest BCUT2D eigenvalue weighted by Crippen LogP contribution is -2.17. The summed E-state index contributed by atoms with van der Waals surface area (Å²) < 4.78 is 5.91. The summed E-state index contributed by atoms with van der Waals surface area (Å²) in [7, 11) is 0. The molecule has 118 valence electrons. The minimum Gasteiger partial charge on any atom is -0.456 e. The van der Waals surface area contributed by atoms with Crippen LogP contribution in [0.1, 0.15) is 11.3 Å². The highest BCUT2D eigenvalue weighted by molar-refractivity contribution is 8.18. The standard InChI is InChI=1S/C18H12N2O3S/c1-10-2-4-11(5-3-10)14-9-19-8-12-6-13(23-16(12)14)7-15-17(21)20-18(22)24-15/h2-9H,1H3,(H,20,21,22)/b15-7+. The van der Waals surface area contributed by atoms with E-state index in [0.29, 0.717) is 16.2 Å². The number of furan rings is 1. The molecule has 1 fully saturated rings. The molecule has 2 aromatic heterocycles. The van der Waals surface area contributed by atoms with E-state index >= 15 is 0 Å². The number of carbonyl (C=O) groups is 2. The number of hydrogen-bond acceptors (Lipinski definition) is 5. The van der Waals surface area contributed by atoms with Crippen LogP contribution >= 0.6 is 11.8 Å². The fourth-order valence-electron chi connectivity index (χ4n) is 2.54. The lowest BCUT2D eigenvalue weighted by Gasteiger charge is -2.02. The van der Waals surface area contributed by atoms with Crippen LogP contribution < -0.4 is 5.32 Å². The first-order chi connectivity index (χ1) is 11.6. The number of rotatable bonds is 2. The predicted molar refractivity (Wildman–Crippen MR) is 93.3 cm³/mol. The Morgan fingerprint density at radius 3 is 2.67 bits per heavy atom. The van der Waals surface area contributed by atoms with Gasteiger partial charge in [0.25, 0.3) is 11.1 Å². The Morgan fingerprint density at radius 1 is 1.17 bits per heavy atom. The molecule has 2 amide bonds. The van der Waals surface area contributed by atoms with Crippen LogP contribution in [0.2, 0.25) is 0 Å². The number of pyridine rings is 1. The second-order valence-corrected chi connectivity index (χ2v) is 6.49. The first-order valence-corrected chi connectivity index (χ1v) is 8.11. The van der Waals surface area contributed by atoms with Crippen LogP contribution in [0.25, 0.3) is 28.2 Å². The molecule has 0 bridgehead atoms. The van der Waals surface area contributed by atoms with Gasteiger partial charge in [0.05, 0.1) is 4.91 Å². The minimum absolute atomic E-state index is 0.323. The molecule has 1 aromatic carbocycles. The minimum atomic E-state index is -0.401. The SMILES string of the molecule is Cc1ccc(-c2cncc3cc(/C=C4/SC(=O)NC4=O)oc23)cc1. The van der Waals surface area contributed by atoms with Gasteiger partial charge in [-0.1, -0.05) is 29.8 Å². The van der Waals surface area contributed by atoms with E-state index in [0.717, 1.165) is 28.3 Å². The molecule has 1 aliphatic heterocycles. The van der Waals surface area contributed by atoms with Crippen molar-refractivity contribution in [2.75, 3.05) is 0 Å². The number of aryl methyl sites for hydroxylation is 1. The molecule has 24 heavy (non-hydrogen) atoms. The van der Waals surface area contributed by atoms with Crippen molar-refractivity contribution in [2.24, 2.45) is 0 Å². The molecular formula is C18H12N2O3S. The van der Waals surface area contributed by atoms with Crippen molar-refractivity contribution in [3.05, 3.63) is 59.0 Å². The Labute approximate surface area is 141 Å². The van der Waals surface area contributed by atoms with Crippen LogP contribution in [0.3, 0.4) is 0 Å². The average molecular weight is 336 g/mol. The maximum atomic E-state index is 11.6. The highest BCUT2D eigenvalue weighted by Gasteiger charge is 2.25. The van der Waals surface area contributed by atoms with Gasteiger partial charge in [-0.15, -0.1) is 0 Å². The molecule has 3 aromatic rings. The third kappa shape index (κ3) is 2.61. The zero-order chi connectivity index (χ0) is 16.7. The second-order valence-electron chi connectivity index (χ2n) is 5.47. The van der Waals surface area contributed by atoms with Crippen LogP contribution in [0.5, 0.6) is 0 Å². The lowest BCUT2D eigenvalue weighted by atomic mass is 10.0. The Kier molecular flexibility index (Phi) is 3.46. The smallest absolute Gasteiger partial charge is 0.290 e. The van der Waals surface area contributed by atoms with E-state index in [9.17, 15) is 9.59 Å². The van der Waals surface area contributed by atoms with E-state index in [1.807, 2.05) is 37.3 Å². The van der Waals surface area contributed by atoms with Crippen molar-refractivity contribution in [3.63, 3.8) is 0 Å². The van der Waals surface area contributed by atoms with Gasteiger partial charge in [-0.2, -0.15) is 0 Å². The maximum absolute atomic E-state index is 11.6. The summed E-state index contributed by atoms with van der Waals surface area (Å²) in [5.41, 5.74) is 3.78. The van der Waals surface area contributed by atoms with E-state index in [4.69, 9.17) is 4.42 Å². The molecule has 0 spiro atoms. The van der Waals surface area contributed by atoms with Crippen LogP contribution in [0.15, 0.2) is 52.0 Å². The molecular weight excluding hydrogens is 324 g/mol. The summed E-state index contributed by atoms with van der Waals surface area (Å²) in [6.45, 7) is 2.03. The number of thioether (sulfide) groups is 1. The molecule has 0 unspecified atom stereocenters. The lowest BCUT2D eigenvalue weighted by molar-refractivity contribution is -0.115. The number of nitrogens with zero attached hydrogens (tertiary/aromatic N) is 1. The van der Waals surface area contributed by atoms with Crippen LogP contribution in [-0.2, 0) is 4.79 Å². The number of aromatic nitrogens is 1. The van der Waals surface area contributed by atoms with Crippen molar-refractivity contribution in [1.29, 1.82) is 0 Å². The first kappa shape index (κ1) is 14.7. The van der Waals surface area contributed by atoms with Gasteiger partial charge in [-0.25, -0.2) is 0 Å². The monoisotopic (exact) mass is 336 g/mol. The van der Waals surface area contributed by atoms with Gasteiger partial charge in [0.2, 0.25) is 0 Å². The summed E-state index contributed by atoms with van der Waals surface area (Å²) in [5.74, 6) is 0.112. The van der Waals surface area contributed by atoms with Gasteiger partial charge < -0.3 is 4.42 Å². The average Bonchev–Trinajstić information content (AvgIpc) is 3.10. The molecule has 1 saturated heterocycles. The summed E-state index contributed by atoms with van der Waals surface area (Å²) >= 11 is 0.866. The van der Waals surface area contributed by atoms with E-state index < -0.39 is 5.91 Å². The second kappa shape index (κ2) is 5.65. The third-order valence-corrected chi connectivity index (χ3v) is 4.53. The Balaban J connectivity index is 1.80. The quantitative estimate of drug-likeness (QED) is 0.713. The Hall–Kier alpha value is -2.86. The van der Waals surface area contributed by atoms with Crippen molar-refractivity contribution in [3.8, 4) is 11.1 Å². The van der Waals surface area contributed by atoms with Crippen molar-refractivity contribution in [2.45, 2.75) is 6.92 Å². The zero-order valence-electron chi connectivity index (χ0n) is 12.7. The van der Waals surface area contributed by atoms with Gasteiger partial charge in [-0.3, -0.25) is 19.9 Å². The third-order valence-electron chi connectivity index (χ3n) is 3.72. The first-order valence-electron chi connectivity index (χ1n) is 7.29. The largest absolute Gasteiger partial charge is 0.456 e. The number of benzene rings is 1. The van der Waals surface area contributed by atoms with E-state index in [-0.39, 0.29) is 5.24 Å². The van der Waals surface area contributed by atoms with Gasteiger partial charge in [-0.05, 0) is 30.3 Å². The fraction of sp³-hybridized carbons (Fsp3) is 0.0556. The van der Waals surface area contributed by atoms with Gasteiger partial charge in [0.15, 0.2) is 0 Å². The Morgan fingerprint density at radius 2 is 1.96 bits per heavy atom. The van der Waals surface area contributed by atoms with Crippen LogP contribution in [0.4, 0.5) is 4.79 Å². The summed E-state index contributed by atoms with van der Waals surface area (Å²) in [6.07, 6.45) is 5.04. The zero-order valence-corrected chi connectivity index (χ0v) is 13.5. The Bertz CT molecular complexity index is 1000. The number of fused-ring (bicyclic) bond motifs is 1. The van der Waals surface area contributed by atoms with Gasteiger partial charge in [0, 0.05) is 29.4 Å². The number of imide groups is 1. The van der Waals surface area contributed by atoms with Crippen molar-refractivity contribution < 1.29 is 14.0 Å². The van der Waals surface area contributed by atoms with E-state index in [1.54, 1.807) is 18.5 Å². The number of amides is 2. The number of hydrogen-bond donors (Lipinski definition) is 1. The van der Waals surface area contributed by atoms with E-state index in [2.05, 4.69) is 10.3 Å². The topological polar surface area (TPSA) is 72.2 Å². The number of nitrogens with one attached hydrogen (secondary N) is 1. The predicted octanol–water partition coefficient (Wildman–Crippen LogP) is 4.13. The van der Waals surface area contributed by atoms with Gasteiger partial charge in [0.1, 0.15) is 11.3 Å². The fourth-order valence-corrected chi connectivity index (χ4v) is 3.20. The molecule has 0 saturated carbocycles. The molecule has 0 aliphatic carbocycles. The normalized spacial score (nSPS) is 16.1. The highest BCUT2D eigenvalue weighted by Crippen LogP contribution is 2.32. The van der Waals surface area contributed by atoms with Crippen LogP contribution in [-0.4, -0.2) is 16.1 Å². The number of carbonyl (C=O) groups excluding carboxylic acids is 2. The summed E-state index contributed by atoms with van der Waals surface area (Å²) in [4.78, 5) is 27.5.